The van der Waals surface area contributed by atoms with Gasteiger partial charge in [0.2, 0.25) is 21.8 Å². The molecule has 0 heterocycles. The number of sulfonamides is 1. The predicted octanol–water partition coefficient (Wildman–Crippen LogP) is 4.85. The van der Waals surface area contributed by atoms with Crippen molar-refractivity contribution in [2.75, 3.05) is 23.7 Å². The first-order valence-electron chi connectivity index (χ1n) is 13.5. The van der Waals surface area contributed by atoms with Crippen LogP contribution in [0.1, 0.15) is 42.9 Å². The highest BCUT2D eigenvalue weighted by molar-refractivity contribution is 7.92. The van der Waals surface area contributed by atoms with Crippen LogP contribution in [0.25, 0.3) is 0 Å². The molecule has 0 fully saturated rings. The quantitative estimate of drug-likeness (QED) is 0.302. The van der Waals surface area contributed by atoms with E-state index in [1.807, 2.05) is 68.4 Å². The number of benzene rings is 3. The molecule has 0 aliphatic rings. The first-order valence-corrected chi connectivity index (χ1v) is 15.3. The number of anilines is 1. The molecule has 0 saturated heterocycles. The third kappa shape index (κ3) is 8.91. The van der Waals surface area contributed by atoms with Crippen molar-refractivity contribution in [2.24, 2.45) is 0 Å². The Balaban J connectivity index is 1.87. The van der Waals surface area contributed by atoms with Crippen LogP contribution in [0.2, 0.25) is 0 Å². The largest absolute Gasteiger partial charge is 0.354 e. The van der Waals surface area contributed by atoms with Gasteiger partial charge in [0.25, 0.3) is 0 Å². The molecule has 40 heavy (non-hydrogen) atoms. The van der Waals surface area contributed by atoms with Gasteiger partial charge in [-0.1, -0.05) is 61.5 Å². The number of aryl methyl sites for hydroxylation is 1. The summed E-state index contributed by atoms with van der Waals surface area (Å²) in [7, 11) is -3.66. The maximum absolute atomic E-state index is 13.8. The number of amides is 2. The van der Waals surface area contributed by atoms with Gasteiger partial charge in [-0.25, -0.2) is 12.8 Å². The van der Waals surface area contributed by atoms with Crippen LogP contribution in [0, 0.1) is 12.7 Å². The molecule has 0 aliphatic heterocycles. The Morgan fingerprint density at radius 2 is 1.60 bits per heavy atom. The van der Waals surface area contributed by atoms with E-state index in [1.165, 1.54) is 28.6 Å². The normalized spacial score (nSPS) is 12.0. The lowest BCUT2D eigenvalue weighted by molar-refractivity contribution is -0.141. The highest BCUT2D eigenvalue weighted by atomic mass is 32.2. The number of nitrogens with one attached hydrogen (secondary N) is 1. The minimum absolute atomic E-state index is 0.0332. The second-order valence-corrected chi connectivity index (χ2v) is 11.8. The van der Waals surface area contributed by atoms with Crippen molar-refractivity contribution >= 4 is 27.5 Å². The molecule has 3 rings (SSSR count). The van der Waals surface area contributed by atoms with Gasteiger partial charge in [0, 0.05) is 32.5 Å². The maximum atomic E-state index is 13.8. The van der Waals surface area contributed by atoms with Crippen molar-refractivity contribution in [3.8, 4) is 0 Å². The minimum Gasteiger partial charge on any atom is -0.354 e. The van der Waals surface area contributed by atoms with Gasteiger partial charge in [0.05, 0.1) is 11.9 Å². The van der Waals surface area contributed by atoms with Crippen molar-refractivity contribution in [2.45, 2.75) is 52.1 Å². The van der Waals surface area contributed by atoms with Gasteiger partial charge in [0.15, 0.2) is 0 Å². The molecule has 0 aromatic heterocycles. The molecule has 0 radical (unpaired) electrons. The molecule has 1 atom stereocenters. The fourth-order valence-electron chi connectivity index (χ4n) is 4.50. The minimum atomic E-state index is -3.66. The highest BCUT2D eigenvalue weighted by Crippen LogP contribution is 2.21. The lowest BCUT2D eigenvalue weighted by Gasteiger charge is -2.32. The second-order valence-electron chi connectivity index (χ2n) is 9.86. The summed E-state index contributed by atoms with van der Waals surface area (Å²) in [5, 5.41) is 2.96. The van der Waals surface area contributed by atoms with Crippen molar-refractivity contribution in [3.63, 3.8) is 0 Å². The molecular formula is C31H38FN3O4S. The summed E-state index contributed by atoms with van der Waals surface area (Å²) in [6.45, 7) is 4.72. The predicted molar refractivity (Wildman–Crippen MR) is 157 cm³/mol. The van der Waals surface area contributed by atoms with E-state index in [0.717, 1.165) is 29.4 Å². The van der Waals surface area contributed by atoms with Gasteiger partial charge in [-0.2, -0.15) is 0 Å². The number of hydrogen-bond donors (Lipinski definition) is 1. The van der Waals surface area contributed by atoms with E-state index >= 15 is 0 Å². The van der Waals surface area contributed by atoms with Crippen LogP contribution in [0.4, 0.5) is 10.1 Å². The number of carbonyl (C=O) groups is 2. The molecule has 1 unspecified atom stereocenters. The Bertz CT molecular complexity index is 1360. The fraction of sp³-hybridized carbons (Fsp3) is 0.355. The van der Waals surface area contributed by atoms with E-state index in [-0.39, 0.29) is 37.7 Å². The number of hydrogen-bond acceptors (Lipinski definition) is 4. The number of rotatable bonds is 14. The molecule has 2 amide bonds. The van der Waals surface area contributed by atoms with Crippen LogP contribution in [0.3, 0.4) is 0 Å². The monoisotopic (exact) mass is 567 g/mol. The highest BCUT2D eigenvalue weighted by Gasteiger charge is 2.30. The van der Waals surface area contributed by atoms with Gasteiger partial charge < -0.3 is 10.2 Å². The van der Waals surface area contributed by atoms with Crippen LogP contribution < -0.4 is 9.62 Å². The molecule has 0 aliphatic carbocycles. The number of halogens is 1. The molecule has 1 N–H and O–H groups in total. The lowest BCUT2D eigenvalue weighted by atomic mass is 10.0. The summed E-state index contributed by atoms with van der Waals surface area (Å²) >= 11 is 0. The molecule has 9 heteroatoms. The maximum Gasteiger partial charge on any atom is 0.243 e. The Morgan fingerprint density at radius 1 is 0.950 bits per heavy atom. The van der Waals surface area contributed by atoms with Gasteiger partial charge in [-0.05, 0) is 60.7 Å². The van der Waals surface area contributed by atoms with E-state index in [2.05, 4.69) is 5.32 Å². The second kappa shape index (κ2) is 14.6. The Labute approximate surface area is 237 Å². The average molecular weight is 568 g/mol. The first-order chi connectivity index (χ1) is 19.1. The summed E-state index contributed by atoms with van der Waals surface area (Å²) in [4.78, 5) is 28.9. The third-order valence-electron chi connectivity index (χ3n) is 6.69. The average Bonchev–Trinajstić information content (AvgIpc) is 2.93. The summed E-state index contributed by atoms with van der Waals surface area (Å²) < 4.78 is 39.6. The number of nitrogens with zero attached hydrogens (tertiary/aromatic N) is 2. The fourth-order valence-corrected chi connectivity index (χ4v) is 5.47. The Kier molecular flexibility index (Phi) is 11.3. The smallest absolute Gasteiger partial charge is 0.243 e. The zero-order chi connectivity index (χ0) is 29.1. The van der Waals surface area contributed by atoms with Crippen LogP contribution >= 0.6 is 0 Å². The summed E-state index contributed by atoms with van der Waals surface area (Å²) in [6, 6.07) is 21.8. The standard InChI is InChI=1S/C31H38FN3O4S/c1-4-20-33-31(37)29(22-25-12-6-5-7-13-25)34(23-26-14-9-8-11-24(26)2)30(36)15-10-21-35(40(3,38)39)28-18-16-27(32)17-19-28/h5-9,11-14,16-19,29H,4,10,15,20-23H2,1-3H3,(H,33,37). The van der Waals surface area contributed by atoms with Crippen LogP contribution in [-0.4, -0.2) is 50.5 Å². The molecule has 0 saturated carbocycles. The van der Waals surface area contributed by atoms with Crippen LogP contribution in [0.15, 0.2) is 78.9 Å². The van der Waals surface area contributed by atoms with E-state index in [0.29, 0.717) is 18.7 Å². The van der Waals surface area contributed by atoms with Crippen LogP contribution in [0.5, 0.6) is 0 Å². The molecule has 3 aromatic carbocycles. The first kappa shape index (κ1) is 30.8. The summed E-state index contributed by atoms with van der Waals surface area (Å²) in [5.41, 5.74) is 3.20. The summed E-state index contributed by atoms with van der Waals surface area (Å²) in [5.74, 6) is -0.940. The molecule has 0 bridgehead atoms. The molecule has 214 valence electrons. The zero-order valence-electron chi connectivity index (χ0n) is 23.3. The van der Waals surface area contributed by atoms with Crippen molar-refractivity contribution in [3.05, 3.63) is 101 Å². The van der Waals surface area contributed by atoms with Crippen molar-refractivity contribution < 1.29 is 22.4 Å². The van der Waals surface area contributed by atoms with Crippen LogP contribution in [-0.2, 0) is 32.6 Å². The molecule has 0 spiro atoms. The summed E-state index contributed by atoms with van der Waals surface area (Å²) in [6.07, 6.45) is 2.45. The molecule has 7 nitrogen and oxygen atoms in total. The lowest BCUT2D eigenvalue weighted by Crippen LogP contribution is -2.50. The SMILES string of the molecule is CCCNC(=O)C(Cc1ccccc1)N(Cc1ccccc1C)C(=O)CCCN(c1ccc(F)cc1)S(C)(=O)=O. The van der Waals surface area contributed by atoms with Gasteiger partial charge in [0.1, 0.15) is 11.9 Å². The van der Waals surface area contributed by atoms with Gasteiger partial charge in [-0.3, -0.25) is 13.9 Å². The van der Waals surface area contributed by atoms with Gasteiger partial charge in [-0.15, -0.1) is 0 Å². The van der Waals surface area contributed by atoms with E-state index < -0.39 is 21.9 Å². The zero-order valence-corrected chi connectivity index (χ0v) is 24.2. The molecule has 3 aromatic rings. The topological polar surface area (TPSA) is 86.8 Å². The van der Waals surface area contributed by atoms with E-state index in [4.69, 9.17) is 0 Å². The van der Waals surface area contributed by atoms with Crippen molar-refractivity contribution in [1.82, 2.24) is 10.2 Å². The van der Waals surface area contributed by atoms with E-state index in [9.17, 15) is 22.4 Å². The van der Waals surface area contributed by atoms with Gasteiger partial charge >= 0.3 is 0 Å². The third-order valence-corrected chi connectivity index (χ3v) is 7.88. The Hall–Kier alpha value is -3.72. The number of carbonyl (C=O) groups excluding carboxylic acids is 2. The molecular weight excluding hydrogens is 529 g/mol. The Morgan fingerprint density at radius 3 is 2.23 bits per heavy atom. The van der Waals surface area contributed by atoms with E-state index in [1.54, 1.807) is 4.90 Å². The van der Waals surface area contributed by atoms with Crippen molar-refractivity contribution in [1.29, 1.82) is 0 Å².